The topological polar surface area (TPSA) is 72.5 Å². The number of carbonyl (C=O) groups is 1. The van der Waals surface area contributed by atoms with E-state index in [9.17, 15) is 9.90 Å². The number of amides is 1. The summed E-state index contributed by atoms with van der Waals surface area (Å²) in [7, 11) is 0. The van der Waals surface area contributed by atoms with Crippen LogP contribution in [0.1, 0.15) is 37.9 Å². The smallest absolute Gasteiger partial charge is 0.404 e. The maximum Gasteiger partial charge on any atom is 0.404 e. The Bertz CT molecular complexity index is 434. The lowest BCUT2D eigenvalue weighted by molar-refractivity contribution is 0.0500. The molecule has 0 heterocycles. The van der Waals surface area contributed by atoms with E-state index in [1.54, 1.807) is 18.2 Å². The number of nitrogens with two attached hydrogens (primary N) is 1. The van der Waals surface area contributed by atoms with Gasteiger partial charge in [0.25, 0.3) is 0 Å². The van der Waals surface area contributed by atoms with Crippen molar-refractivity contribution >= 4 is 29.3 Å². The molecule has 0 radical (unpaired) electrons. The van der Waals surface area contributed by atoms with Crippen molar-refractivity contribution in [3.63, 3.8) is 0 Å². The Labute approximate surface area is 128 Å². The first-order valence-corrected chi connectivity index (χ1v) is 7.27. The van der Waals surface area contributed by atoms with Gasteiger partial charge in [-0.3, -0.25) is 0 Å². The van der Waals surface area contributed by atoms with Gasteiger partial charge in [0.1, 0.15) is 0 Å². The van der Waals surface area contributed by atoms with Gasteiger partial charge in [0, 0.05) is 21.5 Å². The van der Waals surface area contributed by atoms with Gasteiger partial charge in [-0.1, -0.05) is 49.0 Å². The van der Waals surface area contributed by atoms with Gasteiger partial charge >= 0.3 is 6.09 Å². The summed E-state index contributed by atoms with van der Waals surface area (Å²) in [5.41, 5.74) is 5.44. The van der Waals surface area contributed by atoms with E-state index in [1.807, 2.05) is 6.92 Å². The molecule has 2 atom stereocenters. The molecule has 0 aliphatic heterocycles. The molecular formula is C14H19Cl2NO3. The van der Waals surface area contributed by atoms with Crippen LogP contribution in [0.2, 0.25) is 10.0 Å². The number of carbonyl (C=O) groups excluding carboxylic acids is 1. The largest absolute Gasteiger partial charge is 0.449 e. The minimum absolute atomic E-state index is 0.0397. The molecule has 1 rings (SSSR count). The number of hydrogen-bond donors (Lipinski definition) is 2. The molecular weight excluding hydrogens is 301 g/mol. The Kier molecular flexibility index (Phi) is 7.13. The number of hydrogen-bond acceptors (Lipinski definition) is 3. The zero-order valence-corrected chi connectivity index (χ0v) is 12.8. The highest BCUT2D eigenvalue weighted by Gasteiger charge is 2.25. The molecule has 0 saturated carbocycles. The van der Waals surface area contributed by atoms with Crippen LogP contribution < -0.4 is 5.73 Å². The number of benzene rings is 1. The monoisotopic (exact) mass is 319 g/mol. The van der Waals surface area contributed by atoms with Gasteiger partial charge in [-0.25, -0.2) is 4.79 Å². The zero-order valence-electron chi connectivity index (χ0n) is 11.3. The van der Waals surface area contributed by atoms with Gasteiger partial charge in [0.05, 0.1) is 12.7 Å². The first-order chi connectivity index (χ1) is 9.47. The highest BCUT2D eigenvalue weighted by molar-refractivity contribution is 6.36. The third kappa shape index (κ3) is 4.85. The fourth-order valence-corrected chi connectivity index (χ4v) is 2.64. The summed E-state index contributed by atoms with van der Waals surface area (Å²) in [4.78, 5) is 10.7. The second-order valence-electron chi connectivity index (χ2n) is 4.61. The molecule has 112 valence electrons. The maximum absolute atomic E-state index is 10.7. The Hall–Kier alpha value is -0.970. The lowest BCUT2D eigenvalue weighted by Crippen LogP contribution is -2.24. The van der Waals surface area contributed by atoms with Gasteiger partial charge in [0.2, 0.25) is 0 Å². The molecule has 4 nitrogen and oxygen atoms in total. The summed E-state index contributed by atoms with van der Waals surface area (Å²) in [5, 5.41) is 11.3. The van der Waals surface area contributed by atoms with Gasteiger partial charge in [0.15, 0.2) is 0 Å². The molecule has 0 bridgehead atoms. The molecule has 0 aliphatic carbocycles. The molecule has 0 fully saturated rings. The molecule has 0 aromatic heterocycles. The van der Waals surface area contributed by atoms with Gasteiger partial charge in [-0.15, -0.1) is 0 Å². The van der Waals surface area contributed by atoms with Gasteiger partial charge in [-0.05, 0) is 18.6 Å². The zero-order chi connectivity index (χ0) is 15.1. The number of rotatable bonds is 7. The number of primary amides is 1. The van der Waals surface area contributed by atoms with Crippen molar-refractivity contribution in [1.29, 1.82) is 0 Å². The van der Waals surface area contributed by atoms with Crippen molar-refractivity contribution in [2.45, 2.75) is 32.3 Å². The molecule has 0 saturated heterocycles. The second-order valence-corrected chi connectivity index (χ2v) is 5.43. The van der Waals surface area contributed by atoms with Crippen LogP contribution in [0.25, 0.3) is 0 Å². The first kappa shape index (κ1) is 17.1. The Morgan fingerprint density at radius 1 is 1.40 bits per heavy atom. The van der Waals surface area contributed by atoms with Crippen LogP contribution in [-0.2, 0) is 4.74 Å². The van der Waals surface area contributed by atoms with E-state index in [0.29, 0.717) is 22.0 Å². The van der Waals surface area contributed by atoms with E-state index in [0.717, 1.165) is 12.8 Å². The fraction of sp³-hybridized carbons (Fsp3) is 0.500. The minimum Gasteiger partial charge on any atom is -0.449 e. The SMILES string of the molecule is CCCC[C@@H](COC(N)=O)[C@H](O)c1c(Cl)cccc1Cl. The van der Waals surface area contributed by atoms with Crippen molar-refractivity contribution in [3.05, 3.63) is 33.8 Å². The van der Waals surface area contributed by atoms with Crippen molar-refractivity contribution in [1.82, 2.24) is 0 Å². The van der Waals surface area contributed by atoms with Crippen LogP contribution >= 0.6 is 23.2 Å². The Balaban J connectivity index is 2.90. The number of aliphatic hydroxyl groups is 1. The van der Waals surface area contributed by atoms with Gasteiger partial charge < -0.3 is 15.6 Å². The standard InChI is InChI=1S/C14H19Cl2NO3/c1-2-3-5-9(8-20-14(17)19)13(18)12-10(15)6-4-7-11(12)16/h4,6-7,9,13,18H,2-3,5,8H2,1H3,(H2,17,19)/t9-,13-/m0/s1. The van der Waals surface area contributed by atoms with Gasteiger partial charge in [-0.2, -0.15) is 0 Å². The third-order valence-corrected chi connectivity index (χ3v) is 3.77. The Morgan fingerprint density at radius 3 is 2.50 bits per heavy atom. The number of aliphatic hydroxyl groups excluding tert-OH is 1. The highest BCUT2D eigenvalue weighted by Crippen LogP contribution is 2.36. The summed E-state index contributed by atoms with van der Waals surface area (Å²) in [5.74, 6) is -0.292. The van der Waals surface area contributed by atoms with E-state index in [1.165, 1.54) is 0 Å². The summed E-state index contributed by atoms with van der Waals surface area (Å²) >= 11 is 12.2. The molecule has 6 heteroatoms. The molecule has 1 aromatic carbocycles. The Morgan fingerprint density at radius 2 is 2.00 bits per heavy atom. The highest BCUT2D eigenvalue weighted by atomic mass is 35.5. The summed E-state index contributed by atoms with van der Waals surface area (Å²) < 4.78 is 4.82. The van der Waals surface area contributed by atoms with E-state index in [4.69, 9.17) is 33.7 Å². The predicted octanol–water partition coefficient (Wildman–Crippen LogP) is 3.93. The first-order valence-electron chi connectivity index (χ1n) is 6.51. The predicted molar refractivity (Wildman–Crippen MR) is 80.0 cm³/mol. The van der Waals surface area contributed by atoms with Crippen LogP contribution in [0.15, 0.2) is 18.2 Å². The number of halogens is 2. The lowest BCUT2D eigenvalue weighted by Gasteiger charge is -2.24. The van der Waals surface area contributed by atoms with E-state index in [2.05, 4.69) is 0 Å². The molecule has 20 heavy (non-hydrogen) atoms. The second kappa shape index (κ2) is 8.35. The normalized spacial score (nSPS) is 13.8. The number of ether oxygens (including phenoxy) is 1. The molecule has 0 unspecified atom stereocenters. The van der Waals surface area contributed by atoms with Crippen LogP contribution in [0, 0.1) is 5.92 Å². The van der Waals surface area contributed by atoms with Crippen molar-refractivity contribution < 1.29 is 14.6 Å². The summed E-state index contributed by atoms with van der Waals surface area (Å²) in [6, 6.07) is 5.04. The average molecular weight is 320 g/mol. The summed E-state index contributed by atoms with van der Waals surface area (Å²) in [6.45, 7) is 2.08. The minimum atomic E-state index is -0.901. The summed E-state index contributed by atoms with van der Waals surface area (Å²) in [6.07, 6.45) is 0.792. The maximum atomic E-state index is 10.7. The molecule has 1 aromatic rings. The third-order valence-electron chi connectivity index (χ3n) is 3.11. The van der Waals surface area contributed by atoms with E-state index < -0.39 is 12.2 Å². The van der Waals surface area contributed by atoms with Crippen LogP contribution in [0.3, 0.4) is 0 Å². The molecule has 0 spiro atoms. The molecule has 3 N–H and O–H groups in total. The van der Waals surface area contributed by atoms with E-state index in [-0.39, 0.29) is 12.5 Å². The van der Waals surface area contributed by atoms with Crippen LogP contribution in [0.4, 0.5) is 4.79 Å². The van der Waals surface area contributed by atoms with Crippen molar-refractivity contribution in [3.8, 4) is 0 Å². The average Bonchev–Trinajstić information content (AvgIpc) is 2.38. The lowest BCUT2D eigenvalue weighted by atomic mass is 9.91. The van der Waals surface area contributed by atoms with E-state index >= 15 is 0 Å². The molecule has 1 amide bonds. The van der Waals surface area contributed by atoms with Crippen molar-refractivity contribution in [2.24, 2.45) is 11.7 Å². The molecule has 0 aliphatic rings. The van der Waals surface area contributed by atoms with Crippen LogP contribution in [-0.4, -0.2) is 17.8 Å². The number of unbranched alkanes of at least 4 members (excludes halogenated alkanes) is 1. The van der Waals surface area contributed by atoms with Crippen LogP contribution in [0.5, 0.6) is 0 Å². The fourth-order valence-electron chi connectivity index (χ4n) is 2.02. The quantitative estimate of drug-likeness (QED) is 0.799. The van der Waals surface area contributed by atoms with Crippen molar-refractivity contribution in [2.75, 3.05) is 6.61 Å².